The lowest BCUT2D eigenvalue weighted by Crippen LogP contribution is -2.19. The van der Waals surface area contributed by atoms with Crippen LogP contribution in [0.1, 0.15) is 71.5 Å². The van der Waals surface area contributed by atoms with E-state index >= 15 is 0 Å². The predicted octanol–water partition coefficient (Wildman–Crippen LogP) is 5.53. The Balaban J connectivity index is 2.08. The highest BCUT2D eigenvalue weighted by Crippen LogP contribution is 2.31. The molecule has 0 saturated heterocycles. The van der Waals surface area contributed by atoms with E-state index in [0.717, 1.165) is 18.6 Å². The van der Waals surface area contributed by atoms with Gasteiger partial charge in [-0.25, -0.2) is 0 Å². The Morgan fingerprint density at radius 1 is 1.04 bits per heavy atom. The Morgan fingerprint density at radius 2 is 1.74 bits per heavy atom. The van der Waals surface area contributed by atoms with E-state index in [1.54, 1.807) is 18.2 Å². The predicted molar refractivity (Wildman–Crippen MR) is 95.2 cm³/mol. The highest BCUT2D eigenvalue weighted by molar-refractivity contribution is 5.78. The van der Waals surface area contributed by atoms with Gasteiger partial charge in [-0.15, -0.1) is 0 Å². The van der Waals surface area contributed by atoms with Crippen molar-refractivity contribution in [2.75, 3.05) is 0 Å². The van der Waals surface area contributed by atoms with Crippen molar-refractivity contribution in [2.24, 2.45) is 0 Å². The van der Waals surface area contributed by atoms with Gasteiger partial charge in [-0.2, -0.15) is 0 Å². The summed E-state index contributed by atoms with van der Waals surface area (Å²) >= 11 is 0. The lowest BCUT2D eigenvalue weighted by molar-refractivity contribution is 0.357. The van der Waals surface area contributed by atoms with Crippen molar-refractivity contribution >= 4 is 11.0 Å². The first-order valence-electron chi connectivity index (χ1n) is 8.71. The second-order valence-electron chi connectivity index (χ2n) is 7.06. The fraction of sp³-hybridized carbons (Fsp3) is 0.550. The second kappa shape index (κ2) is 7.67. The van der Waals surface area contributed by atoms with Gasteiger partial charge in [0.1, 0.15) is 17.1 Å². The molecule has 0 atom stereocenters. The van der Waals surface area contributed by atoms with Gasteiger partial charge in [-0.1, -0.05) is 59.3 Å². The quantitative estimate of drug-likeness (QED) is 0.652. The lowest BCUT2D eigenvalue weighted by Gasteiger charge is -2.23. The maximum atomic E-state index is 12.3. The highest BCUT2D eigenvalue weighted by atomic mass is 16.3. The zero-order valence-electron chi connectivity index (χ0n) is 14.5. The molecule has 0 radical (unpaired) electrons. The summed E-state index contributed by atoms with van der Waals surface area (Å²) in [4.78, 5) is 12.3. The molecule has 0 bridgehead atoms. The molecule has 0 aliphatic heterocycles. The van der Waals surface area contributed by atoms with E-state index in [1.165, 1.54) is 38.2 Å². The Labute approximate surface area is 138 Å². The lowest BCUT2D eigenvalue weighted by atomic mass is 9.84. The molecule has 0 aliphatic carbocycles. The van der Waals surface area contributed by atoms with Crippen LogP contribution in [0.15, 0.2) is 33.5 Å². The molecule has 0 spiro atoms. The third-order valence-electron chi connectivity index (χ3n) is 4.53. The molecule has 0 aliphatic rings. The van der Waals surface area contributed by atoms with E-state index in [2.05, 4.69) is 20.8 Å². The molecule has 1 heterocycles. The minimum Gasteiger partial charge on any atom is -0.508 e. The van der Waals surface area contributed by atoms with Crippen molar-refractivity contribution < 1.29 is 9.52 Å². The zero-order valence-corrected chi connectivity index (χ0v) is 14.5. The molecule has 2 aromatic rings. The minimum atomic E-state index is -0.157. The maximum absolute atomic E-state index is 12.3. The molecule has 1 aromatic heterocycles. The van der Waals surface area contributed by atoms with Crippen LogP contribution >= 0.6 is 0 Å². The van der Waals surface area contributed by atoms with E-state index in [4.69, 9.17) is 4.42 Å². The summed E-state index contributed by atoms with van der Waals surface area (Å²) in [7, 11) is 0. The van der Waals surface area contributed by atoms with Crippen molar-refractivity contribution in [1.82, 2.24) is 0 Å². The standard InChI is InChI=1S/C20H28O3/c1-4-5-6-7-8-9-12-20(2,3)19-14-17(22)16-13-15(21)10-11-18(16)23-19/h10-11,13-14,21H,4-9,12H2,1-3H3. The molecule has 0 fully saturated rings. The summed E-state index contributed by atoms with van der Waals surface area (Å²) in [5, 5.41) is 9.94. The summed E-state index contributed by atoms with van der Waals surface area (Å²) in [5.41, 5.74) is 0.296. The van der Waals surface area contributed by atoms with Crippen LogP contribution in [0.4, 0.5) is 0 Å². The first-order valence-corrected chi connectivity index (χ1v) is 8.71. The molecular weight excluding hydrogens is 288 g/mol. The largest absolute Gasteiger partial charge is 0.508 e. The summed E-state index contributed by atoms with van der Waals surface area (Å²) < 4.78 is 5.95. The van der Waals surface area contributed by atoms with Gasteiger partial charge in [0.15, 0.2) is 5.43 Å². The minimum absolute atomic E-state index is 0.0869. The molecule has 126 valence electrons. The average Bonchev–Trinajstić information content (AvgIpc) is 2.51. The number of rotatable bonds is 8. The van der Waals surface area contributed by atoms with E-state index < -0.39 is 0 Å². The summed E-state index contributed by atoms with van der Waals surface area (Å²) in [6.45, 7) is 6.48. The van der Waals surface area contributed by atoms with Crippen LogP contribution in [-0.2, 0) is 5.41 Å². The maximum Gasteiger partial charge on any atom is 0.193 e. The molecule has 2 rings (SSSR count). The number of unbranched alkanes of at least 4 members (excludes halogenated alkanes) is 5. The second-order valence-corrected chi connectivity index (χ2v) is 7.06. The number of benzene rings is 1. The number of aromatic hydroxyl groups is 1. The fourth-order valence-electron chi connectivity index (χ4n) is 2.95. The summed E-state index contributed by atoms with van der Waals surface area (Å²) in [5.74, 6) is 0.818. The zero-order chi connectivity index (χ0) is 16.9. The van der Waals surface area contributed by atoms with Gasteiger partial charge < -0.3 is 9.52 Å². The van der Waals surface area contributed by atoms with Crippen LogP contribution in [0.3, 0.4) is 0 Å². The van der Waals surface area contributed by atoms with E-state index in [-0.39, 0.29) is 16.6 Å². The normalized spacial score (nSPS) is 12.0. The SMILES string of the molecule is CCCCCCCCC(C)(C)c1cc(=O)c2cc(O)ccc2o1. The van der Waals surface area contributed by atoms with Gasteiger partial charge in [0.2, 0.25) is 0 Å². The Morgan fingerprint density at radius 3 is 2.48 bits per heavy atom. The van der Waals surface area contributed by atoms with E-state index in [1.807, 2.05) is 0 Å². The number of fused-ring (bicyclic) bond motifs is 1. The molecule has 0 amide bonds. The highest BCUT2D eigenvalue weighted by Gasteiger charge is 2.24. The fourth-order valence-corrected chi connectivity index (χ4v) is 2.95. The third kappa shape index (κ3) is 4.60. The summed E-state index contributed by atoms with van der Waals surface area (Å²) in [6.07, 6.45) is 8.56. The third-order valence-corrected chi connectivity index (χ3v) is 4.53. The topological polar surface area (TPSA) is 50.4 Å². The Bertz CT molecular complexity index is 698. The van der Waals surface area contributed by atoms with E-state index in [0.29, 0.717) is 11.0 Å². The smallest absolute Gasteiger partial charge is 0.193 e. The van der Waals surface area contributed by atoms with Crippen molar-refractivity contribution in [3.63, 3.8) is 0 Å². The van der Waals surface area contributed by atoms with Gasteiger partial charge in [-0.3, -0.25) is 4.79 Å². The molecule has 23 heavy (non-hydrogen) atoms. The molecular formula is C20H28O3. The Kier molecular flexibility index (Phi) is 5.86. The number of hydrogen-bond donors (Lipinski definition) is 1. The van der Waals surface area contributed by atoms with Gasteiger partial charge in [-0.05, 0) is 24.6 Å². The van der Waals surface area contributed by atoms with Crippen LogP contribution in [0, 0.1) is 0 Å². The number of hydrogen-bond acceptors (Lipinski definition) is 3. The van der Waals surface area contributed by atoms with Crippen LogP contribution in [-0.4, -0.2) is 5.11 Å². The van der Waals surface area contributed by atoms with E-state index in [9.17, 15) is 9.90 Å². The Hall–Kier alpha value is -1.77. The van der Waals surface area contributed by atoms with Crippen molar-refractivity contribution in [3.05, 3.63) is 40.2 Å². The molecule has 1 aromatic carbocycles. The van der Waals surface area contributed by atoms with Crippen LogP contribution in [0.5, 0.6) is 5.75 Å². The molecule has 3 heteroatoms. The summed E-state index contributed by atoms with van der Waals surface area (Å²) in [6, 6.07) is 6.26. The molecule has 0 saturated carbocycles. The molecule has 1 N–H and O–H groups in total. The number of phenolic OH excluding ortho intramolecular Hbond substituents is 1. The van der Waals surface area contributed by atoms with Crippen molar-refractivity contribution in [3.8, 4) is 5.75 Å². The average molecular weight is 316 g/mol. The van der Waals surface area contributed by atoms with Crippen molar-refractivity contribution in [1.29, 1.82) is 0 Å². The van der Waals surface area contributed by atoms with Crippen molar-refractivity contribution in [2.45, 2.75) is 71.1 Å². The first kappa shape index (κ1) is 17.6. The van der Waals surface area contributed by atoms with Gasteiger partial charge >= 0.3 is 0 Å². The molecule has 3 nitrogen and oxygen atoms in total. The van der Waals surface area contributed by atoms with Crippen LogP contribution in [0.2, 0.25) is 0 Å². The molecule has 0 unspecified atom stereocenters. The van der Waals surface area contributed by atoms with Gasteiger partial charge in [0.05, 0.1) is 5.39 Å². The monoisotopic (exact) mass is 316 g/mol. The van der Waals surface area contributed by atoms with Gasteiger partial charge in [0.25, 0.3) is 0 Å². The van der Waals surface area contributed by atoms with Crippen LogP contribution in [0.25, 0.3) is 11.0 Å². The van der Waals surface area contributed by atoms with Gasteiger partial charge in [0, 0.05) is 11.5 Å². The first-order chi connectivity index (χ1) is 10.9. The number of phenols is 1. The van der Waals surface area contributed by atoms with Crippen LogP contribution < -0.4 is 5.43 Å².